The van der Waals surface area contributed by atoms with Crippen molar-refractivity contribution in [2.45, 2.75) is 6.54 Å². The smallest absolute Gasteiger partial charge is 0.292 e. The summed E-state index contributed by atoms with van der Waals surface area (Å²) in [5, 5.41) is 17.8. The number of rotatable bonds is 5. The van der Waals surface area contributed by atoms with Crippen molar-refractivity contribution in [2.75, 3.05) is 17.4 Å². The Morgan fingerprint density at radius 1 is 1.14 bits per heavy atom. The third-order valence-corrected chi connectivity index (χ3v) is 4.72. The first-order valence-electron chi connectivity index (χ1n) is 8.79. The first-order chi connectivity index (χ1) is 14.2. The highest BCUT2D eigenvalue weighted by molar-refractivity contribution is 6.30. The van der Waals surface area contributed by atoms with Gasteiger partial charge in [0.25, 0.3) is 5.56 Å². The van der Waals surface area contributed by atoms with Gasteiger partial charge in [-0.05, 0) is 42.0 Å². The molecule has 0 amide bonds. The van der Waals surface area contributed by atoms with E-state index in [4.69, 9.17) is 21.1 Å². The lowest BCUT2D eigenvalue weighted by Gasteiger charge is -2.08. The Morgan fingerprint density at radius 3 is 2.83 bits per heavy atom. The van der Waals surface area contributed by atoms with Gasteiger partial charge in [0.2, 0.25) is 12.7 Å². The molecular formula is C19H15ClN6O3. The largest absolute Gasteiger partial charge is 0.454 e. The summed E-state index contributed by atoms with van der Waals surface area (Å²) in [6.45, 7) is 0.714. The van der Waals surface area contributed by atoms with E-state index in [0.717, 1.165) is 17.0 Å². The Labute approximate surface area is 169 Å². The van der Waals surface area contributed by atoms with E-state index in [2.05, 4.69) is 25.9 Å². The molecule has 0 saturated carbocycles. The lowest BCUT2D eigenvalue weighted by Crippen LogP contribution is -2.16. The molecule has 146 valence electrons. The Balaban J connectivity index is 1.41. The topological polar surface area (TPSA) is 106 Å². The van der Waals surface area contributed by atoms with Crippen molar-refractivity contribution in [3.8, 4) is 11.5 Å². The van der Waals surface area contributed by atoms with Gasteiger partial charge < -0.3 is 20.1 Å². The fraction of sp³-hybridized carbons (Fsp3) is 0.105. The molecule has 0 fully saturated rings. The average Bonchev–Trinajstić information content (AvgIpc) is 3.37. The normalized spacial score (nSPS) is 12.3. The molecule has 10 heteroatoms. The van der Waals surface area contributed by atoms with Crippen molar-refractivity contribution >= 4 is 34.4 Å². The molecule has 1 aliphatic heterocycles. The zero-order chi connectivity index (χ0) is 19.8. The lowest BCUT2D eigenvalue weighted by molar-refractivity contribution is 0.174. The van der Waals surface area contributed by atoms with Gasteiger partial charge in [0.05, 0.1) is 11.9 Å². The summed E-state index contributed by atoms with van der Waals surface area (Å²) in [5.41, 5.74) is 2.35. The number of aromatic nitrogens is 4. The minimum Gasteiger partial charge on any atom is -0.454 e. The van der Waals surface area contributed by atoms with Crippen LogP contribution in [0.1, 0.15) is 5.56 Å². The number of fused-ring (bicyclic) bond motifs is 2. The molecule has 3 N–H and O–H groups in total. The van der Waals surface area contributed by atoms with Gasteiger partial charge in [-0.3, -0.25) is 4.79 Å². The summed E-state index contributed by atoms with van der Waals surface area (Å²) in [7, 11) is 0. The first-order valence-corrected chi connectivity index (χ1v) is 9.16. The Kier molecular flexibility index (Phi) is 4.21. The summed E-state index contributed by atoms with van der Waals surface area (Å²) in [4.78, 5) is 12.4. The van der Waals surface area contributed by atoms with Crippen molar-refractivity contribution in [1.82, 2.24) is 19.8 Å². The van der Waals surface area contributed by atoms with Crippen molar-refractivity contribution in [1.29, 1.82) is 0 Å². The molecule has 0 spiro atoms. The van der Waals surface area contributed by atoms with Crippen LogP contribution < -0.4 is 25.7 Å². The quantitative estimate of drug-likeness (QED) is 0.464. The van der Waals surface area contributed by atoms with Crippen LogP contribution in [0.15, 0.2) is 53.5 Å². The van der Waals surface area contributed by atoms with Crippen LogP contribution >= 0.6 is 11.6 Å². The maximum atomic E-state index is 12.4. The molecule has 5 rings (SSSR count). The second-order valence-electron chi connectivity index (χ2n) is 6.37. The van der Waals surface area contributed by atoms with E-state index in [-0.39, 0.29) is 12.4 Å². The van der Waals surface area contributed by atoms with Gasteiger partial charge in [-0.15, -0.1) is 5.10 Å². The maximum Gasteiger partial charge on any atom is 0.292 e. The predicted octanol–water partition coefficient (Wildman–Crippen LogP) is 3.16. The molecule has 1 aliphatic rings. The molecule has 0 aliphatic carbocycles. The Bertz CT molecular complexity index is 1250. The monoisotopic (exact) mass is 410 g/mol. The van der Waals surface area contributed by atoms with Crippen LogP contribution in [0.5, 0.6) is 11.5 Å². The SMILES string of the molecule is O=c1[nH]nc(Nc2ccc(Cl)cc2)n2ncc(NCc3ccc4c(c3)OCO4)c12. The molecule has 0 bridgehead atoms. The minimum atomic E-state index is -0.350. The lowest BCUT2D eigenvalue weighted by atomic mass is 10.2. The van der Waals surface area contributed by atoms with Crippen molar-refractivity contribution in [3.05, 3.63) is 69.6 Å². The van der Waals surface area contributed by atoms with Crippen LogP contribution in [0.25, 0.3) is 5.52 Å². The van der Waals surface area contributed by atoms with Gasteiger partial charge in [0.15, 0.2) is 17.0 Å². The van der Waals surface area contributed by atoms with Crippen LogP contribution in [0.4, 0.5) is 17.3 Å². The number of ether oxygens (including phenoxy) is 2. The highest BCUT2D eigenvalue weighted by atomic mass is 35.5. The van der Waals surface area contributed by atoms with Gasteiger partial charge in [-0.2, -0.15) is 9.61 Å². The van der Waals surface area contributed by atoms with Gasteiger partial charge >= 0.3 is 0 Å². The molecule has 29 heavy (non-hydrogen) atoms. The van der Waals surface area contributed by atoms with Crippen LogP contribution in [0.3, 0.4) is 0 Å². The molecule has 3 heterocycles. The highest BCUT2D eigenvalue weighted by Crippen LogP contribution is 2.32. The molecule has 0 unspecified atom stereocenters. The first kappa shape index (κ1) is 17.4. The number of H-pyrrole nitrogens is 1. The molecular weight excluding hydrogens is 396 g/mol. The van der Waals surface area contributed by atoms with E-state index in [1.54, 1.807) is 18.3 Å². The number of nitrogens with zero attached hydrogens (tertiary/aromatic N) is 3. The molecule has 2 aromatic carbocycles. The summed E-state index contributed by atoms with van der Waals surface area (Å²) in [6, 6.07) is 12.8. The van der Waals surface area contributed by atoms with E-state index >= 15 is 0 Å². The number of hydrogen-bond donors (Lipinski definition) is 3. The molecule has 4 aromatic rings. The number of benzene rings is 2. The van der Waals surface area contributed by atoms with Crippen LogP contribution in [-0.4, -0.2) is 26.6 Å². The Morgan fingerprint density at radius 2 is 1.97 bits per heavy atom. The van der Waals surface area contributed by atoms with Crippen LogP contribution in [0.2, 0.25) is 5.02 Å². The highest BCUT2D eigenvalue weighted by Gasteiger charge is 2.15. The molecule has 2 aromatic heterocycles. The Hall–Kier alpha value is -3.72. The van der Waals surface area contributed by atoms with Crippen molar-refractivity contribution in [3.63, 3.8) is 0 Å². The fourth-order valence-corrected chi connectivity index (χ4v) is 3.18. The maximum absolute atomic E-state index is 12.4. The number of hydrogen-bond acceptors (Lipinski definition) is 7. The summed E-state index contributed by atoms with van der Waals surface area (Å²) in [5.74, 6) is 1.81. The fourth-order valence-electron chi connectivity index (χ4n) is 3.05. The van der Waals surface area contributed by atoms with Crippen molar-refractivity contribution in [2.24, 2.45) is 0 Å². The second kappa shape index (κ2) is 7.02. The average molecular weight is 411 g/mol. The molecule has 0 radical (unpaired) electrons. The number of anilines is 3. The number of halogens is 1. The third-order valence-electron chi connectivity index (χ3n) is 4.47. The molecule has 0 atom stereocenters. The predicted molar refractivity (Wildman–Crippen MR) is 108 cm³/mol. The molecule has 0 saturated heterocycles. The van der Waals surface area contributed by atoms with Crippen molar-refractivity contribution < 1.29 is 9.47 Å². The molecule has 9 nitrogen and oxygen atoms in total. The van der Waals surface area contributed by atoms with Gasteiger partial charge in [0, 0.05) is 17.3 Å². The standard InChI is InChI=1S/C19H15ClN6O3/c20-12-2-4-13(5-3-12)23-19-25-24-18(27)17-14(9-22-26(17)19)21-8-11-1-6-15-16(7-11)29-10-28-15/h1-7,9,21H,8,10H2,(H,23,25)(H,24,27). The van der Waals surface area contributed by atoms with E-state index in [9.17, 15) is 4.79 Å². The zero-order valence-corrected chi connectivity index (χ0v) is 15.7. The van der Waals surface area contributed by atoms with Crippen LogP contribution in [-0.2, 0) is 6.54 Å². The summed E-state index contributed by atoms with van der Waals surface area (Å²) >= 11 is 5.92. The van der Waals surface area contributed by atoms with E-state index < -0.39 is 0 Å². The number of aromatic amines is 1. The minimum absolute atomic E-state index is 0.228. The van der Waals surface area contributed by atoms with E-state index in [0.29, 0.717) is 34.5 Å². The second-order valence-corrected chi connectivity index (χ2v) is 6.80. The van der Waals surface area contributed by atoms with Gasteiger partial charge in [-0.25, -0.2) is 5.10 Å². The number of nitrogens with one attached hydrogen (secondary N) is 3. The zero-order valence-electron chi connectivity index (χ0n) is 15.0. The van der Waals surface area contributed by atoms with Gasteiger partial charge in [-0.1, -0.05) is 17.7 Å². The third kappa shape index (κ3) is 3.32. The van der Waals surface area contributed by atoms with Gasteiger partial charge in [0.1, 0.15) is 0 Å². The van der Waals surface area contributed by atoms with Crippen LogP contribution in [0, 0.1) is 0 Å². The van der Waals surface area contributed by atoms with E-state index in [1.807, 2.05) is 30.3 Å². The summed E-state index contributed by atoms with van der Waals surface area (Å²) < 4.78 is 12.2. The summed E-state index contributed by atoms with van der Waals surface area (Å²) in [6.07, 6.45) is 1.59. The van der Waals surface area contributed by atoms with E-state index in [1.165, 1.54) is 4.52 Å².